The second-order valence-corrected chi connectivity index (χ2v) is 5.36. The lowest BCUT2D eigenvalue weighted by molar-refractivity contribution is -0.157. The summed E-state index contributed by atoms with van der Waals surface area (Å²) >= 11 is 1.25. The highest BCUT2D eigenvalue weighted by Crippen LogP contribution is 2.23. The SMILES string of the molecule is CSc1nc(C(=O)NC(CC(F)(F)F)C(=O)O)c2ccccn12. The van der Waals surface area contributed by atoms with Gasteiger partial charge in [-0.2, -0.15) is 13.2 Å². The van der Waals surface area contributed by atoms with Crippen LogP contribution in [0.25, 0.3) is 5.52 Å². The van der Waals surface area contributed by atoms with Crippen molar-refractivity contribution in [3.63, 3.8) is 0 Å². The number of amides is 1. The predicted octanol–water partition coefficient (Wildman–Crippen LogP) is 2.19. The molecule has 0 aliphatic heterocycles. The maximum atomic E-state index is 12.4. The van der Waals surface area contributed by atoms with Crippen molar-refractivity contribution >= 4 is 29.2 Å². The summed E-state index contributed by atoms with van der Waals surface area (Å²) in [4.78, 5) is 27.1. The van der Waals surface area contributed by atoms with Crippen LogP contribution >= 0.6 is 11.8 Å². The number of fused-ring (bicyclic) bond motifs is 1. The van der Waals surface area contributed by atoms with Crippen LogP contribution in [0.2, 0.25) is 0 Å². The van der Waals surface area contributed by atoms with Gasteiger partial charge in [0.2, 0.25) is 0 Å². The third kappa shape index (κ3) is 3.95. The minimum absolute atomic E-state index is 0.122. The molecule has 0 aliphatic rings. The second-order valence-electron chi connectivity index (χ2n) is 4.59. The number of rotatable bonds is 5. The van der Waals surface area contributed by atoms with Crippen LogP contribution in [0, 0.1) is 0 Å². The van der Waals surface area contributed by atoms with E-state index in [0.29, 0.717) is 10.7 Å². The minimum Gasteiger partial charge on any atom is -0.480 e. The molecule has 2 heterocycles. The summed E-state index contributed by atoms with van der Waals surface area (Å²) in [5, 5.41) is 11.2. The number of aromatic nitrogens is 2. The summed E-state index contributed by atoms with van der Waals surface area (Å²) in [5.41, 5.74) is 0.258. The van der Waals surface area contributed by atoms with Gasteiger partial charge in [0, 0.05) is 6.20 Å². The largest absolute Gasteiger partial charge is 0.480 e. The molecule has 23 heavy (non-hydrogen) atoms. The maximum Gasteiger partial charge on any atom is 0.391 e. The number of hydrogen-bond donors (Lipinski definition) is 2. The first-order valence-corrected chi connectivity index (χ1v) is 7.57. The van der Waals surface area contributed by atoms with Crippen molar-refractivity contribution in [2.45, 2.75) is 23.8 Å². The average Bonchev–Trinajstić information content (AvgIpc) is 2.84. The highest BCUT2D eigenvalue weighted by molar-refractivity contribution is 7.98. The number of halogens is 3. The fraction of sp³-hybridized carbons (Fsp3) is 0.308. The smallest absolute Gasteiger partial charge is 0.391 e. The summed E-state index contributed by atoms with van der Waals surface area (Å²) in [6.07, 6.45) is -2.99. The first-order chi connectivity index (χ1) is 10.7. The molecule has 2 N–H and O–H groups in total. The van der Waals surface area contributed by atoms with E-state index in [1.807, 2.05) is 5.32 Å². The van der Waals surface area contributed by atoms with Gasteiger partial charge in [-0.15, -0.1) is 0 Å². The number of alkyl halides is 3. The number of carboxylic acids is 1. The number of carbonyl (C=O) groups excluding carboxylic acids is 1. The fourth-order valence-corrected chi connectivity index (χ4v) is 2.52. The lowest BCUT2D eigenvalue weighted by atomic mass is 10.2. The van der Waals surface area contributed by atoms with Crippen LogP contribution in [0.15, 0.2) is 29.6 Å². The van der Waals surface area contributed by atoms with Gasteiger partial charge < -0.3 is 10.4 Å². The molecule has 1 atom stereocenters. The highest BCUT2D eigenvalue weighted by Gasteiger charge is 2.36. The Labute approximate surface area is 132 Å². The van der Waals surface area contributed by atoms with Crippen LogP contribution in [-0.2, 0) is 4.79 Å². The Bertz CT molecular complexity index is 745. The maximum absolute atomic E-state index is 12.4. The molecule has 1 unspecified atom stereocenters. The molecule has 124 valence electrons. The van der Waals surface area contributed by atoms with E-state index in [1.165, 1.54) is 11.8 Å². The van der Waals surface area contributed by atoms with E-state index < -0.39 is 30.5 Å². The molecule has 2 rings (SSSR count). The third-order valence-electron chi connectivity index (χ3n) is 2.95. The van der Waals surface area contributed by atoms with E-state index in [2.05, 4.69) is 4.98 Å². The lowest BCUT2D eigenvalue weighted by Crippen LogP contribution is -2.43. The molecule has 6 nitrogen and oxygen atoms in total. The Morgan fingerprint density at radius 2 is 2.13 bits per heavy atom. The van der Waals surface area contributed by atoms with Gasteiger partial charge in [-0.25, -0.2) is 9.78 Å². The van der Waals surface area contributed by atoms with E-state index in [1.54, 1.807) is 35.1 Å². The van der Waals surface area contributed by atoms with Crippen LogP contribution < -0.4 is 5.32 Å². The number of carboxylic acid groups (broad SMARTS) is 1. The molecule has 2 aromatic rings. The molecule has 0 bridgehead atoms. The standard InChI is InChI=1S/C13H12F3N3O3S/c1-23-12-18-9(8-4-2-3-5-19(8)12)10(20)17-7(11(21)22)6-13(14,15)16/h2-5,7H,6H2,1H3,(H,17,20)(H,21,22). The number of nitrogens with one attached hydrogen (secondary N) is 1. The second kappa shape index (κ2) is 6.49. The first kappa shape index (κ1) is 17.1. The van der Waals surface area contributed by atoms with Crippen molar-refractivity contribution in [1.29, 1.82) is 0 Å². The van der Waals surface area contributed by atoms with Crippen molar-refractivity contribution in [3.05, 3.63) is 30.1 Å². The van der Waals surface area contributed by atoms with Gasteiger partial charge in [0.05, 0.1) is 11.9 Å². The molecular weight excluding hydrogens is 335 g/mol. The summed E-state index contributed by atoms with van der Waals surface area (Å²) in [7, 11) is 0. The molecule has 0 fully saturated rings. The zero-order valence-electron chi connectivity index (χ0n) is 11.8. The van der Waals surface area contributed by atoms with Gasteiger partial charge in [0.15, 0.2) is 10.9 Å². The van der Waals surface area contributed by atoms with Gasteiger partial charge >= 0.3 is 12.1 Å². The molecule has 0 spiro atoms. The quantitative estimate of drug-likeness (QED) is 0.810. The first-order valence-electron chi connectivity index (χ1n) is 6.34. The average molecular weight is 347 g/mol. The van der Waals surface area contributed by atoms with Crippen LogP contribution in [0.5, 0.6) is 0 Å². The molecule has 0 saturated heterocycles. The molecule has 10 heteroatoms. The number of pyridine rings is 1. The number of thioether (sulfide) groups is 1. The Hall–Kier alpha value is -2.23. The molecule has 0 radical (unpaired) electrons. The number of imidazole rings is 1. The molecular formula is C13H12F3N3O3S. The van der Waals surface area contributed by atoms with E-state index in [9.17, 15) is 22.8 Å². The Morgan fingerprint density at radius 3 is 2.70 bits per heavy atom. The Kier molecular flexibility index (Phi) is 4.83. The summed E-state index contributed by atoms with van der Waals surface area (Å²) in [5.74, 6) is -2.73. The molecule has 0 aliphatic carbocycles. The van der Waals surface area contributed by atoms with Crippen LogP contribution in [0.3, 0.4) is 0 Å². The van der Waals surface area contributed by atoms with Gasteiger partial charge in [0.1, 0.15) is 6.04 Å². The predicted molar refractivity (Wildman–Crippen MR) is 76.5 cm³/mol. The Balaban J connectivity index is 2.31. The van der Waals surface area contributed by atoms with E-state index in [0.717, 1.165) is 0 Å². The van der Waals surface area contributed by atoms with Crippen LogP contribution in [-0.4, -0.2) is 44.8 Å². The van der Waals surface area contributed by atoms with Gasteiger partial charge in [0.25, 0.3) is 5.91 Å². The molecule has 0 saturated carbocycles. The number of hydrogen-bond acceptors (Lipinski definition) is 4. The van der Waals surface area contributed by atoms with E-state index in [4.69, 9.17) is 5.11 Å². The number of nitrogens with zero attached hydrogens (tertiary/aromatic N) is 2. The molecule has 1 amide bonds. The lowest BCUT2D eigenvalue weighted by Gasteiger charge is -2.15. The summed E-state index contributed by atoms with van der Waals surface area (Å²) in [6.45, 7) is 0. The topological polar surface area (TPSA) is 83.7 Å². The monoisotopic (exact) mass is 347 g/mol. The van der Waals surface area contributed by atoms with Crippen LogP contribution in [0.1, 0.15) is 16.9 Å². The van der Waals surface area contributed by atoms with Gasteiger partial charge in [-0.1, -0.05) is 17.8 Å². The summed E-state index contributed by atoms with van der Waals surface area (Å²) < 4.78 is 38.8. The fourth-order valence-electron chi connectivity index (χ4n) is 1.98. The zero-order valence-corrected chi connectivity index (χ0v) is 12.6. The third-order valence-corrected chi connectivity index (χ3v) is 3.61. The van der Waals surface area contributed by atoms with Gasteiger partial charge in [-0.3, -0.25) is 9.20 Å². The van der Waals surface area contributed by atoms with E-state index in [-0.39, 0.29) is 5.69 Å². The van der Waals surface area contributed by atoms with Crippen LogP contribution in [0.4, 0.5) is 13.2 Å². The van der Waals surface area contributed by atoms with Crippen molar-refractivity contribution in [2.75, 3.05) is 6.26 Å². The minimum atomic E-state index is -4.71. The zero-order chi connectivity index (χ0) is 17.2. The molecule has 2 aromatic heterocycles. The van der Waals surface area contributed by atoms with Crippen molar-refractivity contribution < 1.29 is 27.9 Å². The summed E-state index contributed by atoms with van der Waals surface area (Å²) in [6, 6.07) is 2.85. The van der Waals surface area contributed by atoms with Crippen molar-refractivity contribution in [2.24, 2.45) is 0 Å². The highest BCUT2D eigenvalue weighted by atomic mass is 32.2. The number of aliphatic carboxylic acids is 1. The van der Waals surface area contributed by atoms with E-state index >= 15 is 0 Å². The van der Waals surface area contributed by atoms with Crippen molar-refractivity contribution in [1.82, 2.24) is 14.7 Å². The normalized spacial score (nSPS) is 13.0. The Morgan fingerprint density at radius 1 is 1.43 bits per heavy atom. The number of carbonyl (C=O) groups is 2. The van der Waals surface area contributed by atoms with Crippen molar-refractivity contribution in [3.8, 4) is 0 Å². The van der Waals surface area contributed by atoms with Gasteiger partial charge in [-0.05, 0) is 18.4 Å². The molecule has 0 aromatic carbocycles.